The lowest BCUT2D eigenvalue weighted by Gasteiger charge is -2.32. The lowest BCUT2D eigenvalue weighted by atomic mass is 9.93. The van der Waals surface area contributed by atoms with E-state index in [1.54, 1.807) is 6.92 Å². The Labute approximate surface area is 127 Å². The molecule has 0 bridgehead atoms. The van der Waals surface area contributed by atoms with Gasteiger partial charge in [-0.1, -0.05) is 0 Å². The number of hydrogen-bond acceptors (Lipinski definition) is 4. The average Bonchev–Trinajstić information content (AvgIpc) is 2.47. The molecular formula is C15H19F3N2O2. The molecule has 2 heterocycles. The molecule has 1 saturated heterocycles. The van der Waals surface area contributed by atoms with Crippen LogP contribution in [0.25, 0.3) is 0 Å². The molecule has 0 aliphatic carbocycles. The van der Waals surface area contributed by atoms with Crippen LogP contribution in [0, 0.1) is 5.92 Å². The van der Waals surface area contributed by atoms with E-state index < -0.39 is 11.7 Å². The van der Waals surface area contributed by atoms with E-state index in [-0.39, 0.29) is 11.9 Å². The Balaban J connectivity index is 1.88. The van der Waals surface area contributed by atoms with Gasteiger partial charge in [0.05, 0.1) is 12.2 Å². The second kappa shape index (κ2) is 6.98. The van der Waals surface area contributed by atoms with E-state index >= 15 is 0 Å². The number of piperidine rings is 1. The first-order valence-corrected chi connectivity index (χ1v) is 7.34. The molecule has 0 aromatic carbocycles. The van der Waals surface area contributed by atoms with Gasteiger partial charge < -0.3 is 9.64 Å². The van der Waals surface area contributed by atoms with Crippen molar-refractivity contribution < 1.29 is 22.7 Å². The van der Waals surface area contributed by atoms with E-state index in [0.29, 0.717) is 31.9 Å². The maximum Gasteiger partial charge on any atom is 0.417 e. The van der Waals surface area contributed by atoms with Gasteiger partial charge >= 0.3 is 12.1 Å². The minimum Gasteiger partial charge on any atom is -0.466 e. The van der Waals surface area contributed by atoms with Crippen LogP contribution in [0.1, 0.15) is 31.7 Å². The molecule has 122 valence electrons. The summed E-state index contributed by atoms with van der Waals surface area (Å²) >= 11 is 0. The highest BCUT2D eigenvalue weighted by molar-refractivity contribution is 5.69. The fourth-order valence-electron chi connectivity index (χ4n) is 2.56. The van der Waals surface area contributed by atoms with Crippen molar-refractivity contribution in [2.45, 2.75) is 32.4 Å². The normalized spacial score (nSPS) is 16.6. The third-order valence-electron chi connectivity index (χ3n) is 3.77. The number of carbonyl (C=O) groups excluding carboxylic acids is 1. The number of halogens is 3. The summed E-state index contributed by atoms with van der Waals surface area (Å²) in [6.07, 6.45) is -1.48. The number of esters is 1. The number of rotatable bonds is 4. The van der Waals surface area contributed by atoms with E-state index in [1.165, 1.54) is 6.07 Å². The molecule has 1 aliphatic heterocycles. The lowest BCUT2D eigenvalue weighted by molar-refractivity contribution is -0.144. The molecule has 0 unspecified atom stereocenters. The first-order valence-electron chi connectivity index (χ1n) is 7.34. The molecule has 0 spiro atoms. The van der Waals surface area contributed by atoms with Crippen molar-refractivity contribution in [3.05, 3.63) is 23.9 Å². The molecule has 7 heteroatoms. The number of hydrogen-bond donors (Lipinski definition) is 0. The van der Waals surface area contributed by atoms with Crippen LogP contribution in [-0.2, 0) is 15.7 Å². The maximum atomic E-state index is 12.5. The first kappa shape index (κ1) is 16.6. The summed E-state index contributed by atoms with van der Waals surface area (Å²) in [5, 5.41) is 0. The zero-order valence-electron chi connectivity index (χ0n) is 12.4. The van der Waals surface area contributed by atoms with Gasteiger partial charge in [-0.25, -0.2) is 4.98 Å². The number of ether oxygens (including phenoxy) is 1. The summed E-state index contributed by atoms with van der Waals surface area (Å²) in [6, 6.07) is 2.45. The van der Waals surface area contributed by atoms with Crippen LogP contribution in [0.15, 0.2) is 18.3 Å². The predicted molar refractivity (Wildman–Crippen MR) is 75.4 cm³/mol. The summed E-state index contributed by atoms with van der Waals surface area (Å²) in [5.74, 6) is 0.626. The highest BCUT2D eigenvalue weighted by Gasteiger charge is 2.31. The molecule has 2 rings (SSSR count). The van der Waals surface area contributed by atoms with E-state index in [1.807, 2.05) is 4.90 Å². The lowest BCUT2D eigenvalue weighted by Crippen LogP contribution is -2.35. The van der Waals surface area contributed by atoms with Crippen LogP contribution in [0.3, 0.4) is 0 Å². The van der Waals surface area contributed by atoms with Gasteiger partial charge in [-0.2, -0.15) is 13.2 Å². The van der Waals surface area contributed by atoms with Crippen LogP contribution in [0.5, 0.6) is 0 Å². The standard InChI is InChI=1S/C15H19F3N2O2/c1-2-22-14(21)9-11-5-7-20(8-6-11)13-4-3-12(10-19-13)15(16,17)18/h3-4,10-11H,2,5-9H2,1H3. The Morgan fingerprint density at radius 1 is 1.36 bits per heavy atom. The van der Waals surface area contributed by atoms with E-state index in [2.05, 4.69) is 4.98 Å². The van der Waals surface area contributed by atoms with Crippen LogP contribution >= 0.6 is 0 Å². The Bertz CT molecular complexity index is 495. The van der Waals surface area contributed by atoms with Gasteiger partial charge in [0, 0.05) is 25.7 Å². The quantitative estimate of drug-likeness (QED) is 0.800. The molecule has 22 heavy (non-hydrogen) atoms. The number of anilines is 1. The van der Waals surface area contributed by atoms with E-state index in [4.69, 9.17) is 4.74 Å². The molecule has 0 atom stereocenters. The van der Waals surface area contributed by atoms with Crippen LogP contribution < -0.4 is 4.90 Å². The number of pyridine rings is 1. The molecule has 0 saturated carbocycles. The van der Waals surface area contributed by atoms with Crippen molar-refractivity contribution in [3.8, 4) is 0 Å². The largest absolute Gasteiger partial charge is 0.466 e. The monoisotopic (exact) mass is 316 g/mol. The molecule has 0 amide bonds. The summed E-state index contributed by atoms with van der Waals surface area (Å²) in [6.45, 7) is 3.52. The second-order valence-electron chi connectivity index (χ2n) is 5.34. The number of carbonyl (C=O) groups is 1. The second-order valence-corrected chi connectivity index (χ2v) is 5.34. The maximum absolute atomic E-state index is 12.5. The number of aromatic nitrogens is 1. The van der Waals surface area contributed by atoms with E-state index in [0.717, 1.165) is 25.1 Å². The van der Waals surface area contributed by atoms with Crippen molar-refractivity contribution >= 4 is 11.8 Å². The molecule has 1 aromatic heterocycles. The molecule has 1 aliphatic rings. The predicted octanol–water partition coefficient (Wildman–Crippen LogP) is 3.27. The van der Waals surface area contributed by atoms with Crippen molar-refractivity contribution in [3.63, 3.8) is 0 Å². The van der Waals surface area contributed by atoms with Crippen molar-refractivity contribution in [2.75, 3.05) is 24.6 Å². The smallest absolute Gasteiger partial charge is 0.417 e. The molecule has 4 nitrogen and oxygen atoms in total. The van der Waals surface area contributed by atoms with Crippen molar-refractivity contribution in [2.24, 2.45) is 5.92 Å². The third-order valence-corrected chi connectivity index (χ3v) is 3.77. The molecule has 0 radical (unpaired) electrons. The minimum atomic E-state index is -4.36. The molecule has 1 fully saturated rings. The fraction of sp³-hybridized carbons (Fsp3) is 0.600. The van der Waals surface area contributed by atoms with Gasteiger partial charge in [-0.15, -0.1) is 0 Å². The third kappa shape index (κ3) is 4.35. The van der Waals surface area contributed by atoms with Crippen LogP contribution in [0.4, 0.5) is 19.0 Å². The SMILES string of the molecule is CCOC(=O)CC1CCN(c2ccc(C(F)(F)F)cn2)CC1. The van der Waals surface area contributed by atoms with E-state index in [9.17, 15) is 18.0 Å². The van der Waals surface area contributed by atoms with Crippen molar-refractivity contribution in [1.29, 1.82) is 0 Å². The highest BCUT2D eigenvalue weighted by atomic mass is 19.4. The van der Waals surface area contributed by atoms with Gasteiger partial charge in [0.15, 0.2) is 0 Å². The average molecular weight is 316 g/mol. The van der Waals surface area contributed by atoms with Gasteiger partial charge in [-0.3, -0.25) is 4.79 Å². The summed E-state index contributed by atoms with van der Waals surface area (Å²) in [7, 11) is 0. The summed E-state index contributed by atoms with van der Waals surface area (Å²) in [5.41, 5.74) is -0.742. The van der Waals surface area contributed by atoms with Crippen molar-refractivity contribution in [1.82, 2.24) is 4.98 Å². The first-order chi connectivity index (χ1) is 10.4. The minimum absolute atomic E-state index is 0.186. The Morgan fingerprint density at radius 3 is 2.55 bits per heavy atom. The van der Waals surface area contributed by atoms with Gasteiger partial charge in [0.1, 0.15) is 5.82 Å². The number of alkyl halides is 3. The van der Waals surface area contributed by atoms with Gasteiger partial charge in [-0.05, 0) is 37.8 Å². The Hall–Kier alpha value is -1.79. The zero-order valence-corrected chi connectivity index (χ0v) is 12.4. The molecular weight excluding hydrogens is 297 g/mol. The summed E-state index contributed by atoms with van der Waals surface area (Å²) < 4.78 is 42.4. The Morgan fingerprint density at radius 2 is 2.05 bits per heavy atom. The van der Waals surface area contributed by atoms with Crippen LogP contribution in [0.2, 0.25) is 0 Å². The number of nitrogens with zero attached hydrogens (tertiary/aromatic N) is 2. The zero-order chi connectivity index (χ0) is 16.2. The van der Waals surface area contributed by atoms with Gasteiger partial charge in [0.25, 0.3) is 0 Å². The Kier molecular flexibility index (Phi) is 5.26. The fourth-order valence-corrected chi connectivity index (χ4v) is 2.56. The van der Waals surface area contributed by atoms with Crippen LogP contribution in [-0.4, -0.2) is 30.6 Å². The summed E-state index contributed by atoms with van der Waals surface area (Å²) in [4.78, 5) is 17.3. The topological polar surface area (TPSA) is 42.4 Å². The van der Waals surface area contributed by atoms with Gasteiger partial charge in [0.2, 0.25) is 0 Å². The highest BCUT2D eigenvalue weighted by Crippen LogP contribution is 2.30. The molecule has 1 aromatic rings. The molecule has 0 N–H and O–H groups in total.